The molecule has 23 heavy (non-hydrogen) atoms. The Morgan fingerprint density at radius 2 is 2.17 bits per heavy atom. The van der Waals surface area contributed by atoms with Crippen molar-refractivity contribution < 1.29 is 4.79 Å². The number of benzene rings is 1. The fourth-order valence-corrected chi connectivity index (χ4v) is 4.28. The molecule has 2 aliphatic rings. The molecule has 1 aromatic carbocycles. The lowest BCUT2D eigenvalue weighted by molar-refractivity contribution is 0.0701. The van der Waals surface area contributed by atoms with Crippen LogP contribution in [0.1, 0.15) is 36.5 Å². The maximum Gasteiger partial charge on any atom is 0.259 e. The molecule has 0 spiro atoms. The van der Waals surface area contributed by atoms with E-state index in [9.17, 15) is 9.59 Å². The number of carbonyl (C=O) groups excluding carboxylic acids is 1. The highest BCUT2D eigenvalue weighted by Crippen LogP contribution is 2.37. The number of rotatable bonds is 2. The highest BCUT2D eigenvalue weighted by molar-refractivity contribution is 6.31. The molecule has 2 fully saturated rings. The van der Waals surface area contributed by atoms with Gasteiger partial charge in [-0.3, -0.25) is 9.59 Å². The van der Waals surface area contributed by atoms with Gasteiger partial charge in [-0.15, -0.1) is 0 Å². The lowest BCUT2D eigenvalue weighted by Crippen LogP contribution is -2.40. The number of aryl methyl sites for hydroxylation is 1. The molecule has 1 saturated carbocycles. The van der Waals surface area contributed by atoms with Crippen LogP contribution in [-0.2, 0) is 6.54 Å². The Hall–Kier alpha value is -1.81. The second-order valence-corrected chi connectivity index (χ2v) is 7.05. The van der Waals surface area contributed by atoms with E-state index in [1.54, 1.807) is 18.3 Å². The minimum Gasteiger partial charge on any atom is -0.347 e. The quantitative estimate of drug-likeness (QED) is 0.848. The van der Waals surface area contributed by atoms with Gasteiger partial charge >= 0.3 is 0 Å². The lowest BCUT2D eigenvalue weighted by Gasteiger charge is -2.27. The summed E-state index contributed by atoms with van der Waals surface area (Å²) in [7, 11) is 0. The van der Waals surface area contributed by atoms with E-state index < -0.39 is 0 Å². The van der Waals surface area contributed by atoms with Crippen molar-refractivity contribution in [1.82, 2.24) is 9.47 Å². The summed E-state index contributed by atoms with van der Waals surface area (Å²) >= 11 is 6.05. The van der Waals surface area contributed by atoms with Gasteiger partial charge in [0.15, 0.2) is 0 Å². The molecule has 5 heteroatoms. The van der Waals surface area contributed by atoms with Crippen molar-refractivity contribution in [2.45, 2.75) is 38.8 Å². The van der Waals surface area contributed by atoms with Crippen molar-refractivity contribution in [1.29, 1.82) is 0 Å². The molecular formula is C18H19ClN2O2. The Kier molecular flexibility index (Phi) is 3.45. The molecule has 0 N–H and O–H groups in total. The number of carbonyl (C=O) groups is 1. The summed E-state index contributed by atoms with van der Waals surface area (Å²) in [5.41, 5.74) is 0.885. The molecule has 2 atom stereocenters. The van der Waals surface area contributed by atoms with E-state index in [-0.39, 0.29) is 16.9 Å². The number of hydrogen-bond donors (Lipinski definition) is 0. The summed E-state index contributed by atoms with van der Waals surface area (Å²) < 4.78 is 1.95. The smallest absolute Gasteiger partial charge is 0.259 e. The number of fused-ring (bicyclic) bond motifs is 3. The van der Waals surface area contributed by atoms with E-state index in [4.69, 9.17) is 11.6 Å². The van der Waals surface area contributed by atoms with Crippen molar-refractivity contribution in [2.75, 3.05) is 6.54 Å². The van der Waals surface area contributed by atoms with Crippen molar-refractivity contribution in [3.8, 4) is 0 Å². The molecule has 4 nitrogen and oxygen atoms in total. The van der Waals surface area contributed by atoms with Gasteiger partial charge < -0.3 is 9.47 Å². The average Bonchev–Trinajstić information content (AvgIpc) is 3.18. The van der Waals surface area contributed by atoms with Gasteiger partial charge in [0.25, 0.3) is 5.91 Å². The van der Waals surface area contributed by atoms with E-state index in [2.05, 4.69) is 0 Å². The molecule has 0 radical (unpaired) electrons. The van der Waals surface area contributed by atoms with Crippen LogP contribution >= 0.6 is 11.6 Å². The first-order valence-electron chi connectivity index (χ1n) is 8.22. The van der Waals surface area contributed by atoms with Crippen molar-refractivity contribution in [2.24, 2.45) is 5.92 Å². The zero-order valence-corrected chi connectivity index (χ0v) is 13.8. The van der Waals surface area contributed by atoms with Gasteiger partial charge in [0, 0.05) is 35.7 Å². The Morgan fingerprint density at radius 1 is 1.35 bits per heavy atom. The average molecular weight is 331 g/mol. The summed E-state index contributed by atoms with van der Waals surface area (Å²) in [5, 5.41) is 1.04. The van der Waals surface area contributed by atoms with Crippen LogP contribution in [-0.4, -0.2) is 28.0 Å². The first-order chi connectivity index (χ1) is 11.1. The third-order valence-corrected chi connectivity index (χ3v) is 5.52. The Morgan fingerprint density at radius 3 is 2.83 bits per heavy atom. The Balaban J connectivity index is 1.85. The summed E-state index contributed by atoms with van der Waals surface area (Å²) in [6.07, 6.45) is 5.08. The number of amides is 1. The maximum atomic E-state index is 12.9. The minimum atomic E-state index is -0.208. The monoisotopic (exact) mass is 330 g/mol. The van der Waals surface area contributed by atoms with Crippen LogP contribution in [0, 0.1) is 5.92 Å². The highest BCUT2D eigenvalue weighted by Gasteiger charge is 2.41. The number of nitrogens with zero attached hydrogens (tertiary/aromatic N) is 2. The van der Waals surface area contributed by atoms with Gasteiger partial charge in [0.05, 0.1) is 5.52 Å². The van der Waals surface area contributed by atoms with Crippen LogP contribution < -0.4 is 5.43 Å². The van der Waals surface area contributed by atoms with E-state index in [1.165, 1.54) is 6.42 Å². The van der Waals surface area contributed by atoms with Gasteiger partial charge in [-0.2, -0.15) is 0 Å². The minimum absolute atomic E-state index is 0.119. The molecule has 2 aromatic rings. The van der Waals surface area contributed by atoms with Gasteiger partial charge in [0.1, 0.15) is 5.56 Å². The predicted octanol–water partition coefficient (Wildman–Crippen LogP) is 3.30. The van der Waals surface area contributed by atoms with E-state index in [0.717, 1.165) is 24.9 Å². The summed E-state index contributed by atoms with van der Waals surface area (Å²) in [4.78, 5) is 27.7. The number of piperidine rings is 1. The van der Waals surface area contributed by atoms with E-state index in [0.29, 0.717) is 28.9 Å². The third kappa shape index (κ3) is 2.27. The van der Waals surface area contributed by atoms with Crippen LogP contribution in [0.2, 0.25) is 5.02 Å². The molecule has 4 rings (SSSR count). The van der Waals surface area contributed by atoms with E-state index in [1.807, 2.05) is 22.5 Å². The molecule has 1 saturated heterocycles. The largest absolute Gasteiger partial charge is 0.347 e. The number of aromatic nitrogens is 1. The molecular weight excluding hydrogens is 312 g/mol. The van der Waals surface area contributed by atoms with Crippen LogP contribution in [0.3, 0.4) is 0 Å². The van der Waals surface area contributed by atoms with Crippen LogP contribution in [0.4, 0.5) is 0 Å². The van der Waals surface area contributed by atoms with Crippen molar-refractivity contribution >= 4 is 28.4 Å². The fraction of sp³-hybridized carbons (Fsp3) is 0.444. The number of hydrogen-bond acceptors (Lipinski definition) is 2. The molecule has 2 bridgehead atoms. The zero-order valence-electron chi connectivity index (χ0n) is 13.1. The molecule has 1 amide bonds. The molecule has 2 unspecified atom stereocenters. The fourth-order valence-electron chi connectivity index (χ4n) is 4.11. The standard InChI is InChI=1S/C18H19ClN2O2/c1-2-20-10-15(17(22)14-8-12(19)4-6-16(14)20)18(23)21-9-11-3-5-13(21)7-11/h4,6,8,10-11,13H,2-3,5,7,9H2,1H3. The van der Waals surface area contributed by atoms with Gasteiger partial charge in [0.2, 0.25) is 5.43 Å². The predicted molar refractivity (Wildman–Crippen MR) is 91.1 cm³/mol. The molecule has 1 aliphatic carbocycles. The third-order valence-electron chi connectivity index (χ3n) is 5.28. The normalized spacial score (nSPS) is 23.0. The molecule has 1 aliphatic heterocycles. The molecule has 1 aromatic heterocycles. The first-order valence-corrected chi connectivity index (χ1v) is 8.60. The Labute approximate surface area is 139 Å². The van der Waals surface area contributed by atoms with Crippen LogP contribution in [0.25, 0.3) is 10.9 Å². The second kappa shape index (κ2) is 5.38. The zero-order chi connectivity index (χ0) is 16.1. The van der Waals surface area contributed by atoms with Crippen molar-refractivity contribution in [3.05, 3.63) is 45.2 Å². The molecule has 2 heterocycles. The first kappa shape index (κ1) is 14.8. The Bertz CT molecular complexity index is 858. The molecule has 120 valence electrons. The van der Waals surface area contributed by atoms with Crippen LogP contribution in [0.5, 0.6) is 0 Å². The topological polar surface area (TPSA) is 42.3 Å². The number of halogens is 1. The highest BCUT2D eigenvalue weighted by atomic mass is 35.5. The van der Waals surface area contributed by atoms with Gasteiger partial charge in [-0.05, 0) is 50.3 Å². The summed E-state index contributed by atoms with van der Waals surface area (Å²) in [5.74, 6) is 0.499. The summed E-state index contributed by atoms with van der Waals surface area (Å²) in [6, 6.07) is 5.60. The van der Waals surface area contributed by atoms with Crippen molar-refractivity contribution in [3.63, 3.8) is 0 Å². The van der Waals surface area contributed by atoms with Crippen LogP contribution in [0.15, 0.2) is 29.2 Å². The number of likely N-dealkylation sites (tertiary alicyclic amines) is 1. The number of pyridine rings is 1. The summed E-state index contributed by atoms with van der Waals surface area (Å²) in [6.45, 7) is 3.50. The lowest BCUT2D eigenvalue weighted by atomic mass is 10.1. The van der Waals surface area contributed by atoms with Gasteiger partial charge in [-0.25, -0.2) is 0 Å². The van der Waals surface area contributed by atoms with E-state index >= 15 is 0 Å². The van der Waals surface area contributed by atoms with Gasteiger partial charge in [-0.1, -0.05) is 11.6 Å². The maximum absolute atomic E-state index is 12.9. The second-order valence-electron chi connectivity index (χ2n) is 6.61. The SMILES string of the molecule is CCn1cc(C(=O)N2CC3CCC2C3)c(=O)c2cc(Cl)ccc21.